The minimum Gasteiger partial charge on any atom is -0.394 e. The normalized spacial score (nSPS) is 22.8. The molecule has 1 amide bonds. The van der Waals surface area contributed by atoms with Crippen LogP contribution in [0.2, 0.25) is 0 Å². The lowest BCUT2D eigenvalue weighted by atomic mass is 9.98. The van der Waals surface area contributed by atoms with Crippen LogP contribution in [0.1, 0.15) is 207 Å². The van der Waals surface area contributed by atoms with Crippen LogP contribution >= 0.6 is 0 Å². The number of amides is 1. The first-order valence-electron chi connectivity index (χ1n) is 23.3. The zero-order valence-corrected chi connectivity index (χ0v) is 36.0. The number of rotatable bonds is 38. The second kappa shape index (κ2) is 34.9. The molecule has 11 heteroatoms. The van der Waals surface area contributed by atoms with E-state index in [2.05, 4.69) is 26.1 Å². The van der Waals surface area contributed by atoms with Gasteiger partial charge in [-0.05, 0) is 18.8 Å². The minimum absolute atomic E-state index is 0.265. The maximum absolute atomic E-state index is 13.1. The van der Waals surface area contributed by atoms with Gasteiger partial charge in [0.15, 0.2) is 6.29 Å². The van der Waals surface area contributed by atoms with E-state index in [9.17, 15) is 40.5 Å². The first kappa shape index (κ1) is 53.1. The molecule has 0 aromatic rings. The third kappa shape index (κ3) is 24.9. The minimum atomic E-state index is -1.66. The molecule has 56 heavy (non-hydrogen) atoms. The van der Waals surface area contributed by atoms with Gasteiger partial charge in [0, 0.05) is 0 Å². The van der Waals surface area contributed by atoms with E-state index in [-0.39, 0.29) is 6.42 Å². The maximum Gasteiger partial charge on any atom is 0.249 e. The maximum atomic E-state index is 13.1. The van der Waals surface area contributed by atoms with Crippen LogP contribution in [-0.2, 0) is 14.3 Å². The van der Waals surface area contributed by atoms with E-state index in [1.54, 1.807) is 0 Å². The Kier molecular flexibility index (Phi) is 33.1. The van der Waals surface area contributed by atoms with Gasteiger partial charge >= 0.3 is 0 Å². The largest absolute Gasteiger partial charge is 0.394 e. The number of unbranched alkanes of at least 4 members (excludes halogenated alkanes) is 23. The fourth-order valence-corrected chi connectivity index (χ4v) is 7.65. The molecule has 1 aliphatic heterocycles. The number of carbonyl (C=O) groups is 1. The first-order chi connectivity index (χ1) is 27.1. The molecule has 4 unspecified atom stereocenters. The van der Waals surface area contributed by atoms with Crippen molar-refractivity contribution in [3.8, 4) is 0 Å². The van der Waals surface area contributed by atoms with Gasteiger partial charge in [-0.3, -0.25) is 4.79 Å². The number of carbonyl (C=O) groups excluding carboxylic acids is 1. The van der Waals surface area contributed by atoms with Crippen LogP contribution in [0.3, 0.4) is 0 Å². The van der Waals surface area contributed by atoms with E-state index in [1.165, 1.54) is 122 Å². The molecule has 1 fully saturated rings. The SMILES string of the molecule is CCCCCCCCCCCCCCCCCCCC[C@@H](O)C(=O)N[C@@H](CO[C@@H]1OC(CO)[C@@H](O)C(O)C1O)[C@H](O)[C@H](O)CCCCCCCCCC(C)CC. The highest BCUT2D eigenvalue weighted by Gasteiger charge is 2.44. The van der Waals surface area contributed by atoms with E-state index in [1.807, 2.05) is 0 Å². The van der Waals surface area contributed by atoms with Crippen LogP contribution in [-0.4, -0.2) is 110 Å². The Hall–Kier alpha value is -0.890. The van der Waals surface area contributed by atoms with E-state index < -0.39 is 74.2 Å². The number of aliphatic hydroxyl groups excluding tert-OH is 7. The molecular weight excluding hydrogens is 714 g/mol. The summed E-state index contributed by atoms with van der Waals surface area (Å²) in [7, 11) is 0. The highest BCUT2D eigenvalue weighted by molar-refractivity contribution is 5.80. The molecule has 0 aliphatic carbocycles. The van der Waals surface area contributed by atoms with Crippen LogP contribution in [0.4, 0.5) is 0 Å². The topological polar surface area (TPSA) is 189 Å². The summed E-state index contributed by atoms with van der Waals surface area (Å²) in [5, 5.41) is 75.6. The highest BCUT2D eigenvalue weighted by atomic mass is 16.7. The Bertz CT molecular complexity index is 897. The van der Waals surface area contributed by atoms with Gasteiger partial charge in [-0.1, -0.05) is 194 Å². The van der Waals surface area contributed by atoms with Crippen molar-refractivity contribution >= 4 is 5.91 Å². The zero-order chi connectivity index (χ0) is 41.4. The Morgan fingerprint density at radius 3 is 1.48 bits per heavy atom. The molecule has 1 heterocycles. The number of hydrogen-bond donors (Lipinski definition) is 8. The van der Waals surface area contributed by atoms with E-state index >= 15 is 0 Å². The third-order valence-corrected chi connectivity index (χ3v) is 12.0. The molecule has 0 aromatic carbocycles. The van der Waals surface area contributed by atoms with Gasteiger partial charge < -0.3 is 50.5 Å². The van der Waals surface area contributed by atoms with Crippen LogP contribution < -0.4 is 5.32 Å². The molecule has 10 atom stereocenters. The molecule has 1 aliphatic rings. The average molecular weight is 804 g/mol. The molecule has 8 N–H and O–H groups in total. The van der Waals surface area contributed by atoms with Crippen LogP contribution in [0.25, 0.3) is 0 Å². The fourth-order valence-electron chi connectivity index (χ4n) is 7.65. The van der Waals surface area contributed by atoms with Gasteiger partial charge in [-0.25, -0.2) is 0 Å². The van der Waals surface area contributed by atoms with Crippen molar-refractivity contribution in [2.45, 2.75) is 262 Å². The smallest absolute Gasteiger partial charge is 0.249 e. The fraction of sp³-hybridized carbons (Fsp3) is 0.978. The molecule has 0 spiro atoms. The standard InChI is InChI=1S/C45H89NO10/c1-4-6-7-8-9-10-11-12-13-14-15-16-17-18-19-22-26-29-32-38(49)44(54)46-36(34-55-45-43(53)42(52)41(51)39(33-47)56-45)40(50)37(48)31-28-25-23-20-21-24-27-30-35(3)5-2/h35-43,45,47-53H,4-34H2,1-3H3,(H,46,54)/t35?,36-,37+,38+,39?,40-,41+,42?,43?,45+/m0/s1. The second-order valence-corrected chi connectivity index (χ2v) is 17.1. The summed E-state index contributed by atoms with van der Waals surface area (Å²) in [6.45, 7) is 5.74. The first-order valence-corrected chi connectivity index (χ1v) is 23.3. The summed E-state index contributed by atoms with van der Waals surface area (Å²) < 4.78 is 11.1. The number of hydrogen-bond acceptors (Lipinski definition) is 10. The second-order valence-electron chi connectivity index (χ2n) is 17.1. The van der Waals surface area contributed by atoms with Crippen molar-refractivity contribution in [2.24, 2.45) is 5.92 Å². The molecule has 0 aromatic heterocycles. The van der Waals surface area contributed by atoms with Crippen molar-refractivity contribution in [1.29, 1.82) is 0 Å². The predicted molar refractivity (Wildman–Crippen MR) is 224 cm³/mol. The lowest BCUT2D eigenvalue weighted by molar-refractivity contribution is -0.303. The number of nitrogens with one attached hydrogen (secondary N) is 1. The predicted octanol–water partition coefficient (Wildman–Crippen LogP) is 7.36. The molecule has 0 bridgehead atoms. The van der Waals surface area contributed by atoms with E-state index in [0.717, 1.165) is 44.4 Å². The zero-order valence-electron chi connectivity index (χ0n) is 36.0. The molecular formula is C45H89NO10. The molecule has 1 saturated heterocycles. The summed E-state index contributed by atoms with van der Waals surface area (Å²) in [5.74, 6) is 0.0831. The number of ether oxygens (including phenoxy) is 2. The Morgan fingerprint density at radius 1 is 0.607 bits per heavy atom. The van der Waals surface area contributed by atoms with E-state index in [0.29, 0.717) is 19.3 Å². The molecule has 0 saturated carbocycles. The van der Waals surface area contributed by atoms with Crippen molar-refractivity contribution < 1.29 is 50.0 Å². The summed E-state index contributed by atoms with van der Waals surface area (Å²) in [4.78, 5) is 13.1. The quantitative estimate of drug-likeness (QED) is 0.0293. The van der Waals surface area contributed by atoms with Crippen molar-refractivity contribution in [3.05, 3.63) is 0 Å². The average Bonchev–Trinajstić information content (AvgIpc) is 3.20. The molecule has 11 nitrogen and oxygen atoms in total. The summed E-state index contributed by atoms with van der Waals surface area (Å²) >= 11 is 0. The lowest BCUT2D eigenvalue weighted by Gasteiger charge is -2.40. The van der Waals surface area contributed by atoms with Gasteiger partial charge in [0.2, 0.25) is 5.91 Å². The summed E-state index contributed by atoms with van der Waals surface area (Å²) in [5.41, 5.74) is 0. The lowest BCUT2D eigenvalue weighted by Crippen LogP contribution is -2.60. The highest BCUT2D eigenvalue weighted by Crippen LogP contribution is 2.23. The number of aliphatic hydroxyl groups is 7. The molecule has 334 valence electrons. The Balaban J connectivity index is 2.42. The van der Waals surface area contributed by atoms with Gasteiger partial charge in [0.1, 0.15) is 36.6 Å². The van der Waals surface area contributed by atoms with Crippen molar-refractivity contribution in [2.75, 3.05) is 13.2 Å². The van der Waals surface area contributed by atoms with Crippen LogP contribution in [0.15, 0.2) is 0 Å². The summed E-state index contributed by atoms with van der Waals surface area (Å²) in [6, 6.07) is -1.16. The van der Waals surface area contributed by atoms with Gasteiger partial charge in [0.25, 0.3) is 0 Å². The van der Waals surface area contributed by atoms with Crippen molar-refractivity contribution in [3.63, 3.8) is 0 Å². The monoisotopic (exact) mass is 804 g/mol. The van der Waals surface area contributed by atoms with Gasteiger partial charge in [0.05, 0.1) is 25.4 Å². The van der Waals surface area contributed by atoms with Gasteiger partial charge in [-0.15, -0.1) is 0 Å². The van der Waals surface area contributed by atoms with E-state index in [4.69, 9.17) is 9.47 Å². The van der Waals surface area contributed by atoms with Gasteiger partial charge in [-0.2, -0.15) is 0 Å². The van der Waals surface area contributed by atoms with Crippen LogP contribution in [0, 0.1) is 5.92 Å². The van der Waals surface area contributed by atoms with Crippen LogP contribution in [0.5, 0.6) is 0 Å². The summed E-state index contributed by atoms with van der Waals surface area (Å²) in [6.07, 6.45) is 21.6. The van der Waals surface area contributed by atoms with Crippen molar-refractivity contribution in [1.82, 2.24) is 5.32 Å². The Labute approximate surface area is 341 Å². The molecule has 0 radical (unpaired) electrons. The third-order valence-electron chi connectivity index (χ3n) is 12.0. The Morgan fingerprint density at radius 2 is 1.04 bits per heavy atom. The molecule has 1 rings (SSSR count).